The van der Waals surface area contributed by atoms with Crippen LogP contribution in [0, 0.1) is 11.3 Å². The quantitative estimate of drug-likeness (QED) is 0.606. The number of nitriles is 1. The van der Waals surface area contributed by atoms with Crippen LogP contribution in [0.5, 0.6) is 0 Å². The third-order valence-corrected chi connectivity index (χ3v) is 0.566. The first-order chi connectivity index (χ1) is 4.41. The number of aromatic nitrogens is 1. The number of rotatable bonds is 0. The summed E-state index contributed by atoms with van der Waals surface area (Å²) in [4.78, 5) is 3.78. The molecular weight excluding hydrogens is 171 g/mol. The maximum atomic E-state index is 7.32. The second-order valence-corrected chi connectivity index (χ2v) is 1.25. The molecule has 0 fully saturated rings. The molecule has 1 heterocycles. The second kappa shape index (κ2) is 11.0. The van der Waals surface area contributed by atoms with Crippen molar-refractivity contribution in [3.63, 3.8) is 0 Å². The van der Waals surface area contributed by atoms with Gasteiger partial charge in [-0.3, -0.25) is 4.98 Å². The molecule has 1 radical (unpaired) electrons. The van der Waals surface area contributed by atoms with Crippen molar-refractivity contribution in [2.45, 2.75) is 6.92 Å². The molecule has 0 N–H and O–H groups in total. The maximum Gasteiger partial charge on any atom is 0.0587 e. The molecule has 0 amide bonds. The van der Waals surface area contributed by atoms with E-state index in [0.29, 0.717) is 0 Å². The first kappa shape index (κ1) is 11.9. The zero-order valence-electron chi connectivity index (χ0n) is 5.61. The summed E-state index contributed by atoms with van der Waals surface area (Å²) in [5, 5.41) is 7.32. The van der Waals surface area contributed by atoms with Gasteiger partial charge >= 0.3 is 0 Å². The molecule has 1 rings (SSSR count). The Balaban J connectivity index is 0. The third kappa shape index (κ3) is 10.2. The predicted octanol–water partition coefficient (Wildman–Crippen LogP) is 1.61. The fourth-order valence-electron chi connectivity index (χ4n) is 0.313. The van der Waals surface area contributed by atoms with E-state index in [4.69, 9.17) is 5.26 Å². The van der Waals surface area contributed by atoms with Gasteiger partial charge in [0.05, 0.1) is 6.07 Å². The average molecular weight is 179 g/mol. The van der Waals surface area contributed by atoms with Crippen molar-refractivity contribution in [2.24, 2.45) is 0 Å². The van der Waals surface area contributed by atoms with Crippen LogP contribution in [0.1, 0.15) is 6.92 Å². The van der Waals surface area contributed by atoms with Gasteiger partial charge in [0.2, 0.25) is 0 Å². The van der Waals surface area contributed by atoms with Crippen molar-refractivity contribution in [1.82, 2.24) is 4.98 Å². The van der Waals surface area contributed by atoms with E-state index in [1.54, 1.807) is 18.5 Å². The summed E-state index contributed by atoms with van der Waals surface area (Å²) in [5.74, 6) is 0. The van der Waals surface area contributed by atoms with Crippen LogP contribution in [-0.4, -0.2) is 4.98 Å². The third-order valence-electron chi connectivity index (χ3n) is 0.566. The Labute approximate surface area is 71.1 Å². The van der Waals surface area contributed by atoms with Gasteiger partial charge < -0.3 is 0 Å². The van der Waals surface area contributed by atoms with Crippen LogP contribution in [0.3, 0.4) is 0 Å². The minimum Gasteiger partial charge on any atom is -0.265 e. The van der Waals surface area contributed by atoms with Gasteiger partial charge in [-0.15, -0.1) is 0 Å². The van der Waals surface area contributed by atoms with Crippen LogP contribution in [0.4, 0.5) is 0 Å². The Hall–Kier alpha value is -0.854. The van der Waals surface area contributed by atoms with Crippen molar-refractivity contribution in [1.29, 1.82) is 5.26 Å². The van der Waals surface area contributed by atoms with Crippen LogP contribution in [0.2, 0.25) is 0 Å². The molecule has 1 aromatic rings. The van der Waals surface area contributed by atoms with Crippen LogP contribution in [0.15, 0.2) is 30.6 Å². The van der Waals surface area contributed by atoms with Gasteiger partial charge in [-0.25, -0.2) is 0 Å². The molecule has 3 heteroatoms. The van der Waals surface area contributed by atoms with E-state index in [0.717, 1.165) is 0 Å². The Morgan fingerprint density at radius 2 is 1.60 bits per heavy atom. The molecule has 1 aromatic heterocycles. The summed E-state index contributed by atoms with van der Waals surface area (Å²) in [5.41, 5.74) is 0. The Bertz CT molecular complexity index is 142. The van der Waals surface area contributed by atoms with E-state index < -0.39 is 0 Å². The zero-order chi connectivity index (χ0) is 6.95. The molecule has 0 bridgehead atoms. The normalized spacial score (nSPS) is 5.60. The van der Waals surface area contributed by atoms with Crippen LogP contribution >= 0.6 is 0 Å². The van der Waals surface area contributed by atoms with Gasteiger partial charge in [0.1, 0.15) is 0 Å². The Morgan fingerprint density at radius 1 is 1.20 bits per heavy atom. The first-order valence-electron chi connectivity index (χ1n) is 2.57. The zero-order valence-corrected chi connectivity index (χ0v) is 6.66. The van der Waals surface area contributed by atoms with Gasteiger partial charge in [0, 0.05) is 36.1 Å². The molecule has 0 atom stereocenters. The van der Waals surface area contributed by atoms with Crippen molar-refractivity contribution >= 4 is 0 Å². The monoisotopic (exact) mass is 179 g/mol. The van der Waals surface area contributed by atoms with Gasteiger partial charge in [-0.2, -0.15) is 5.26 Å². The average Bonchev–Trinajstić information content (AvgIpc) is 1.93. The van der Waals surface area contributed by atoms with Crippen LogP contribution in [0.25, 0.3) is 0 Å². The molecule has 0 saturated heterocycles. The molecule has 0 spiro atoms. The SMILES string of the molecule is CC#N.[Co].c1ccncc1. The van der Waals surface area contributed by atoms with Crippen molar-refractivity contribution in [2.75, 3.05) is 0 Å². The van der Waals surface area contributed by atoms with Gasteiger partial charge in [0.15, 0.2) is 0 Å². The molecule has 2 nitrogen and oxygen atoms in total. The predicted molar refractivity (Wildman–Crippen MR) is 35.5 cm³/mol. The van der Waals surface area contributed by atoms with E-state index >= 15 is 0 Å². The summed E-state index contributed by atoms with van der Waals surface area (Å²) in [7, 11) is 0. The number of nitrogens with zero attached hydrogens (tertiary/aromatic N) is 2. The summed E-state index contributed by atoms with van der Waals surface area (Å²) < 4.78 is 0. The van der Waals surface area contributed by atoms with Gasteiger partial charge in [0.25, 0.3) is 0 Å². The molecule has 0 aliphatic heterocycles. The number of pyridine rings is 1. The topological polar surface area (TPSA) is 36.7 Å². The van der Waals surface area contributed by atoms with Gasteiger partial charge in [-0.05, 0) is 12.1 Å². The Kier molecular flexibility index (Phi) is 13.1. The molecule has 10 heavy (non-hydrogen) atoms. The smallest absolute Gasteiger partial charge is 0.0587 e. The molecule has 0 unspecified atom stereocenters. The van der Waals surface area contributed by atoms with E-state index in [2.05, 4.69) is 4.98 Å². The standard InChI is InChI=1S/C5H5N.C2H3N.Co/c1-2-4-6-5-3-1;1-2-3;/h1-5H;1H3;. The van der Waals surface area contributed by atoms with E-state index in [9.17, 15) is 0 Å². The summed E-state index contributed by atoms with van der Waals surface area (Å²) in [6.07, 6.45) is 3.50. The van der Waals surface area contributed by atoms with Crippen LogP contribution in [-0.2, 0) is 16.8 Å². The minimum atomic E-state index is 0. The molecular formula is C7H8CoN2. The van der Waals surface area contributed by atoms with Crippen molar-refractivity contribution in [3.8, 4) is 6.07 Å². The first-order valence-corrected chi connectivity index (χ1v) is 2.57. The van der Waals surface area contributed by atoms with Crippen molar-refractivity contribution in [3.05, 3.63) is 30.6 Å². The van der Waals surface area contributed by atoms with E-state index in [-0.39, 0.29) is 16.8 Å². The fourth-order valence-corrected chi connectivity index (χ4v) is 0.313. The minimum absolute atomic E-state index is 0. The molecule has 0 aromatic carbocycles. The fraction of sp³-hybridized carbons (Fsp3) is 0.143. The van der Waals surface area contributed by atoms with Crippen LogP contribution < -0.4 is 0 Å². The van der Waals surface area contributed by atoms with Gasteiger partial charge in [-0.1, -0.05) is 6.07 Å². The largest absolute Gasteiger partial charge is 0.265 e. The van der Waals surface area contributed by atoms with E-state index in [1.807, 2.05) is 18.2 Å². The molecule has 0 aliphatic rings. The molecule has 0 aliphatic carbocycles. The molecule has 0 saturated carbocycles. The number of hydrogen-bond donors (Lipinski definition) is 0. The second-order valence-electron chi connectivity index (χ2n) is 1.25. The van der Waals surface area contributed by atoms with Crippen molar-refractivity contribution < 1.29 is 16.8 Å². The number of hydrogen-bond acceptors (Lipinski definition) is 2. The van der Waals surface area contributed by atoms with E-state index in [1.165, 1.54) is 6.92 Å². The summed E-state index contributed by atoms with van der Waals surface area (Å²) in [6, 6.07) is 7.47. The maximum absolute atomic E-state index is 7.32. The summed E-state index contributed by atoms with van der Waals surface area (Å²) in [6.45, 7) is 1.43. The molecule has 55 valence electrons. The summed E-state index contributed by atoms with van der Waals surface area (Å²) >= 11 is 0. The Morgan fingerprint density at radius 3 is 1.70 bits per heavy atom.